The van der Waals surface area contributed by atoms with Crippen molar-refractivity contribution in [1.29, 1.82) is 0 Å². The number of phenolic OH excluding ortho intramolecular Hbond substituents is 1. The maximum atomic E-state index is 11.3. The van der Waals surface area contributed by atoms with Crippen LogP contribution in [0.3, 0.4) is 0 Å². The molecule has 0 heterocycles. The number of aromatic hydroxyl groups is 1. The average molecular weight is 250 g/mol. The lowest BCUT2D eigenvalue weighted by atomic mass is 10.1. The van der Waals surface area contributed by atoms with Gasteiger partial charge in [-0.1, -0.05) is 13.8 Å². The molecule has 0 aliphatic rings. The Labute approximate surface area is 106 Å². The van der Waals surface area contributed by atoms with E-state index in [-0.39, 0.29) is 11.7 Å². The molecule has 0 atom stereocenters. The van der Waals surface area contributed by atoms with Crippen molar-refractivity contribution >= 4 is 12.1 Å². The third-order valence-corrected chi connectivity index (χ3v) is 2.20. The lowest BCUT2D eigenvalue weighted by Gasteiger charge is -2.04. The predicted octanol–water partition coefficient (Wildman–Crippen LogP) is 1.90. The number of hydrazone groups is 1. The van der Waals surface area contributed by atoms with Gasteiger partial charge in [-0.05, 0) is 29.7 Å². The van der Waals surface area contributed by atoms with Crippen LogP contribution in [0.2, 0.25) is 0 Å². The zero-order valence-electron chi connectivity index (χ0n) is 10.8. The molecule has 2 N–H and O–H groups in total. The van der Waals surface area contributed by atoms with Crippen LogP contribution in [0.15, 0.2) is 23.3 Å². The summed E-state index contributed by atoms with van der Waals surface area (Å²) in [5.74, 6) is 0.607. The minimum Gasteiger partial charge on any atom is -0.504 e. The summed E-state index contributed by atoms with van der Waals surface area (Å²) in [6.45, 7) is 3.93. The standard InChI is InChI=1S/C13H18N2O3/c1-9(2)6-13(17)15-14-8-10-4-5-12(18-3)11(16)7-10/h4-5,7-9,16H,6H2,1-3H3,(H,15,17)/b14-8+. The van der Waals surface area contributed by atoms with Crippen LogP contribution in [0.25, 0.3) is 0 Å². The Balaban J connectivity index is 2.57. The molecule has 1 amide bonds. The van der Waals surface area contributed by atoms with Gasteiger partial charge in [0.05, 0.1) is 13.3 Å². The topological polar surface area (TPSA) is 70.9 Å². The Kier molecular flexibility index (Phi) is 5.17. The van der Waals surface area contributed by atoms with Gasteiger partial charge in [0, 0.05) is 6.42 Å². The third kappa shape index (κ3) is 4.45. The molecule has 1 aromatic rings. The predicted molar refractivity (Wildman–Crippen MR) is 69.9 cm³/mol. The maximum absolute atomic E-state index is 11.3. The first kappa shape index (κ1) is 14.0. The first-order valence-electron chi connectivity index (χ1n) is 5.72. The molecule has 0 saturated carbocycles. The number of ether oxygens (including phenoxy) is 1. The van der Waals surface area contributed by atoms with Gasteiger partial charge in [-0.15, -0.1) is 0 Å². The van der Waals surface area contributed by atoms with Gasteiger partial charge < -0.3 is 9.84 Å². The second kappa shape index (κ2) is 6.64. The zero-order valence-corrected chi connectivity index (χ0v) is 10.8. The maximum Gasteiger partial charge on any atom is 0.240 e. The molecule has 18 heavy (non-hydrogen) atoms. The van der Waals surface area contributed by atoms with Crippen molar-refractivity contribution in [2.24, 2.45) is 11.0 Å². The summed E-state index contributed by atoms with van der Waals surface area (Å²) in [7, 11) is 1.48. The number of nitrogens with zero attached hydrogens (tertiary/aromatic N) is 1. The summed E-state index contributed by atoms with van der Waals surface area (Å²) >= 11 is 0. The van der Waals surface area contributed by atoms with Gasteiger partial charge in [0.1, 0.15) is 0 Å². The van der Waals surface area contributed by atoms with Crippen LogP contribution in [-0.2, 0) is 4.79 Å². The molecule has 5 nitrogen and oxygen atoms in total. The van der Waals surface area contributed by atoms with Crippen molar-refractivity contribution in [3.8, 4) is 11.5 Å². The van der Waals surface area contributed by atoms with E-state index in [0.717, 1.165) is 0 Å². The number of amides is 1. The summed E-state index contributed by atoms with van der Waals surface area (Å²) in [5.41, 5.74) is 3.11. The average Bonchev–Trinajstić information content (AvgIpc) is 2.28. The Morgan fingerprint density at radius 1 is 1.56 bits per heavy atom. The van der Waals surface area contributed by atoms with Crippen LogP contribution < -0.4 is 10.2 Å². The van der Waals surface area contributed by atoms with Crippen LogP contribution in [-0.4, -0.2) is 24.3 Å². The number of carbonyl (C=O) groups is 1. The van der Waals surface area contributed by atoms with Gasteiger partial charge in [-0.3, -0.25) is 4.79 Å². The molecular weight excluding hydrogens is 232 g/mol. The molecule has 0 spiro atoms. The Bertz CT molecular complexity index is 442. The highest BCUT2D eigenvalue weighted by Crippen LogP contribution is 2.25. The minimum absolute atomic E-state index is 0.0370. The van der Waals surface area contributed by atoms with Crippen molar-refractivity contribution in [1.82, 2.24) is 5.43 Å². The minimum atomic E-state index is -0.126. The summed E-state index contributed by atoms with van der Waals surface area (Å²) in [6.07, 6.45) is 1.91. The molecule has 5 heteroatoms. The van der Waals surface area contributed by atoms with E-state index in [1.165, 1.54) is 19.4 Å². The van der Waals surface area contributed by atoms with Gasteiger partial charge in [0.2, 0.25) is 5.91 Å². The Morgan fingerprint density at radius 3 is 2.83 bits per heavy atom. The SMILES string of the molecule is COc1ccc(/C=N/NC(=O)CC(C)C)cc1O. The van der Waals surface area contributed by atoms with Crippen LogP contribution in [0.4, 0.5) is 0 Å². The van der Waals surface area contributed by atoms with Crippen molar-refractivity contribution in [3.05, 3.63) is 23.8 Å². The lowest BCUT2D eigenvalue weighted by molar-refractivity contribution is -0.121. The quantitative estimate of drug-likeness (QED) is 0.619. The van der Waals surface area contributed by atoms with E-state index in [1.807, 2.05) is 13.8 Å². The van der Waals surface area contributed by atoms with E-state index in [2.05, 4.69) is 10.5 Å². The number of nitrogens with one attached hydrogen (secondary N) is 1. The van der Waals surface area contributed by atoms with Gasteiger partial charge in [0.25, 0.3) is 0 Å². The number of hydrogen-bond donors (Lipinski definition) is 2. The summed E-state index contributed by atoms with van der Waals surface area (Å²) < 4.78 is 4.92. The molecule has 0 aliphatic carbocycles. The first-order chi connectivity index (χ1) is 8.52. The highest BCUT2D eigenvalue weighted by Gasteiger charge is 2.03. The highest BCUT2D eigenvalue weighted by molar-refractivity contribution is 5.83. The third-order valence-electron chi connectivity index (χ3n) is 2.20. The van der Waals surface area contributed by atoms with E-state index in [0.29, 0.717) is 23.7 Å². The molecule has 1 aromatic carbocycles. The number of rotatable bonds is 5. The fraction of sp³-hybridized carbons (Fsp3) is 0.385. The molecule has 98 valence electrons. The lowest BCUT2D eigenvalue weighted by Crippen LogP contribution is -2.19. The van der Waals surface area contributed by atoms with Crippen molar-refractivity contribution in [2.75, 3.05) is 7.11 Å². The normalized spacial score (nSPS) is 10.9. The molecule has 0 aliphatic heterocycles. The molecule has 0 unspecified atom stereocenters. The van der Waals surface area contributed by atoms with E-state index in [1.54, 1.807) is 12.1 Å². The van der Waals surface area contributed by atoms with E-state index < -0.39 is 0 Å². The van der Waals surface area contributed by atoms with Gasteiger partial charge in [0.15, 0.2) is 11.5 Å². The van der Waals surface area contributed by atoms with Crippen LogP contribution >= 0.6 is 0 Å². The van der Waals surface area contributed by atoms with Gasteiger partial charge >= 0.3 is 0 Å². The van der Waals surface area contributed by atoms with Gasteiger partial charge in [-0.25, -0.2) is 5.43 Å². The molecule has 1 rings (SSSR count). The second-order valence-corrected chi connectivity index (χ2v) is 4.32. The first-order valence-corrected chi connectivity index (χ1v) is 5.72. The van der Waals surface area contributed by atoms with Crippen LogP contribution in [0.1, 0.15) is 25.8 Å². The highest BCUT2D eigenvalue weighted by atomic mass is 16.5. The molecule has 0 fully saturated rings. The molecule has 0 bridgehead atoms. The van der Waals surface area contributed by atoms with Crippen molar-refractivity contribution < 1.29 is 14.6 Å². The largest absolute Gasteiger partial charge is 0.504 e. The fourth-order valence-corrected chi connectivity index (χ4v) is 1.38. The van der Waals surface area contributed by atoms with E-state index >= 15 is 0 Å². The molecule has 0 aromatic heterocycles. The van der Waals surface area contributed by atoms with Crippen molar-refractivity contribution in [3.63, 3.8) is 0 Å². The summed E-state index contributed by atoms with van der Waals surface area (Å²) in [5, 5.41) is 13.4. The summed E-state index contributed by atoms with van der Waals surface area (Å²) in [4.78, 5) is 11.3. The summed E-state index contributed by atoms with van der Waals surface area (Å²) in [6, 6.07) is 4.88. The second-order valence-electron chi connectivity index (χ2n) is 4.32. The van der Waals surface area contributed by atoms with E-state index in [9.17, 15) is 9.90 Å². The Hall–Kier alpha value is -2.04. The van der Waals surface area contributed by atoms with Crippen molar-refractivity contribution in [2.45, 2.75) is 20.3 Å². The molecule has 0 radical (unpaired) electrons. The Morgan fingerprint density at radius 2 is 2.28 bits per heavy atom. The number of hydrogen-bond acceptors (Lipinski definition) is 4. The van der Waals surface area contributed by atoms with Crippen LogP contribution in [0.5, 0.6) is 11.5 Å². The van der Waals surface area contributed by atoms with Crippen LogP contribution in [0, 0.1) is 5.92 Å². The molecule has 0 saturated heterocycles. The number of carbonyl (C=O) groups excluding carboxylic acids is 1. The number of benzene rings is 1. The van der Waals surface area contributed by atoms with Gasteiger partial charge in [-0.2, -0.15) is 5.10 Å². The smallest absolute Gasteiger partial charge is 0.240 e. The zero-order chi connectivity index (χ0) is 13.5. The fourth-order valence-electron chi connectivity index (χ4n) is 1.38. The number of phenols is 1. The van der Waals surface area contributed by atoms with E-state index in [4.69, 9.17) is 4.74 Å². The number of methoxy groups -OCH3 is 1. The monoisotopic (exact) mass is 250 g/mol. The molecular formula is C13H18N2O3.